The molecule has 0 spiro atoms. The first kappa shape index (κ1) is 13.5. The zero-order chi connectivity index (χ0) is 13.8. The Balaban J connectivity index is 2.26. The second-order valence-electron chi connectivity index (χ2n) is 4.30. The van der Waals surface area contributed by atoms with Gasteiger partial charge < -0.3 is 10.5 Å². The maximum Gasteiger partial charge on any atom is 0.136 e. The van der Waals surface area contributed by atoms with E-state index in [1.54, 1.807) is 0 Å². The summed E-state index contributed by atoms with van der Waals surface area (Å²) in [6, 6.07) is 10.7. The molecule has 0 fully saturated rings. The molecule has 0 bridgehead atoms. The summed E-state index contributed by atoms with van der Waals surface area (Å²) in [6.45, 7) is 2.16. The van der Waals surface area contributed by atoms with Gasteiger partial charge in [-0.2, -0.15) is 0 Å². The van der Waals surface area contributed by atoms with Crippen LogP contribution in [0.5, 0.6) is 5.75 Å². The van der Waals surface area contributed by atoms with Gasteiger partial charge in [0.05, 0.1) is 0 Å². The van der Waals surface area contributed by atoms with Crippen LogP contribution in [0.4, 0.5) is 8.78 Å². The first-order chi connectivity index (χ1) is 9.10. The Morgan fingerprint density at radius 3 is 2.32 bits per heavy atom. The third kappa shape index (κ3) is 3.29. The Morgan fingerprint density at radius 1 is 1.11 bits per heavy atom. The van der Waals surface area contributed by atoms with Gasteiger partial charge in [0.15, 0.2) is 0 Å². The van der Waals surface area contributed by atoms with Crippen LogP contribution in [0, 0.1) is 18.6 Å². The van der Waals surface area contributed by atoms with Crippen LogP contribution in [-0.4, -0.2) is 6.54 Å². The molecule has 4 heteroatoms. The van der Waals surface area contributed by atoms with Gasteiger partial charge in [0, 0.05) is 24.7 Å². The SMILES string of the molecule is Cc1ccccc1C(CN)Oc1cc(F)cc(F)c1. The molecule has 2 aromatic rings. The highest BCUT2D eigenvalue weighted by Crippen LogP contribution is 2.25. The molecule has 0 aromatic heterocycles. The molecule has 100 valence electrons. The van der Waals surface area contributed by atoms with Crippen molar-refractivity contribution in [3.8, 4) is 5.75 Å². The average molecular weight is 263 g/mol. The third-order valence-electron chi connectivity index (χ3n) is 2.86. The number of aryl methyl sites for hydroxylation is 1. The number of nitrogens with two attached hydrogens (primary N) is 1. The molecule has 0 aliphatic rings. The Morgan fingerprint density at radius 2 is 1.74 bits per heavy atom. The molecular formula is C15H15F2NO. The maximum absolute atomic E-state index is 13.1. The van der Waals surface area contributed by atoms with Gasteiger partial charge in [-0.05, 0) is 18.1 Å². The molecule has 0 saturated carbocycles. The lowest BCUT2D eigenvalue weighted by atomic mass is 10.0. The Bertz CT molecular complexity index is 552. The Labute approximate surface area is 110 Å². The Hall–Kier alpha value is -1.94. The molecule has 1 unspecified atom stereocenters. The van der Waals surface area contributed by atoms with Crippen molar-refractivity contribution in [1.29, 1.82) is 0 Å². The molecule has 0 amide bonds. The monoisotopic (exact) mass is 263 g/mol. The normalized spacial score (nSPS) is 12.2. The largest absolute Gasteiger partial charge is 0.484 e. The van der Waals surface area contributed by atoms with Crippen molar-refractivity contribution >= 4 is 0 Å². The van der Waals surface area contributed by atoms with Crippen LogP contribution in [0.1, 0.15) is 17.2 Å². The van der Waals surface area contributed by atoms with E-state index < -0.39 is 17.7 Å². The lowest BCUT2D eigenvalue weighted by Crippen LogP contribution is -2.19. The van der Waals surface area contributed by atoms with Gasteiger partial charge in [-0.1, -0.05) is 24.3 Å². The molecular weight excluding hydrogens is 248 g/mol. The van der Waals surface area contributed by atoms with Crippen molar-refractivity contribution in [2.45, 2.75) is 13.0 Å². The highest BCUT2D eigenvalue weighted by Gasteiger charge is 2.14. The molecule has 2 rings (SSSR count). The third-order valence-corrected chi connectivity index (χ3v) is 2.86. The fourth-order valence-corrected chi connectivity index (χ4v) is 1.95. The van der Waals surface area contributed by atoms with E-state index in [0.717, 1.165) is 29.3 Å². The molecule has 2 aromatic carbocycles. The first-order valence-electron chi connectivity index (χ1n) is 5.98. The second kappa shape index (κ2) is 5.80. The minimum atomic E-state index is -0.671. The standard InChI is InChI=1S/C15H15F2NO/c1-10-4-2-3-5-14(10)15(9-18)19-13-7-11(16)6-12(17)8-13/h2-8,15H,9,18H2,1H3. The summed E-state index contributed by atoms with van der Waals surface area (Å²) in [4.78, 5) is 0. The van der Waals surface area contributed by atoms with Gasteiger partial charge in [-0.15, -0.1) is 0 Å². The van der Waals surface area contributed by atoms with Crippen molar-refractivity contribution in [1.82, 2.24) is 0 Å². The minimum absolute atomic E-state index is 0.135. The van der Waals surface area contributed by atoms with Crippen LogP contribution < -0.4 is 10.5 Å². The van der Waals surface area contributed by atoms with E-state index in [2.05, 4.69) is 0 Å². The van der Waals surface area contributed by atoms with Crippen molar-refractivity contribution in [2.24, 2.45) is 5.73 Å². The van der Waals surface area contributed by atoms with Crippen molar-refractivity contribution in [3.05, 3.63) is 65.2 Å². The predicted octanol–water partition coefficient (Wildman–Crippen LogP) is 3.35. The summed E-state index contributed by atoms with van der Waals surface area (Å²) in [5.41, 5.74) is 7.62. The average Bonchev–Trinajstić information content (AvgIpc) is 2.36. The van der Waals surface area contributed by atoms with Crippen LogP contribution in [0.25, 0.3) is 0 Å². The van der Waals surface area contributed by atoms with Crippen LogP contribution in [0.15, 0.2) is 42.5 Å². The van der Waals surface area contributed by atoms with Crippen molar-refractivity contribution in [3.63, 3.8) is 0 Å². The number of hydrogen-bond acceptors (Lipinski definition) is 2. The summed E-state index contributed by atoms with van der Waals surface area (Å²) in [6.07, 6.45) is -0.428. The molecule has 0 aliphatic heterocycles. The van der Waals surface area contributed by atoms with E-state index in [1.165, 1.54) is 0 Å². The van der Waals surface area contributed by atoms with E-state index in [0.29, 0.717) is 0 Å². The van der Waals surface area contributed by atoms with E-state index >= 15 is 0 Å². The van der Waals surface area contributed by atoms with Crippen molar-refractivity contribution in [2.75, 3.05) is 6.54 Å². The number of ether oxygens (including phenoxy) is 1. The van der Waals surface area contributed by atoms with Gasteiger partial charge in [-0.3, -0.25) is 0 Å². The van der Waals surface area contributed by atoms with Crippen LogP contribution in [-0.2, 0) is 0 Å². The number of rotatable bonds is 4. The van der Waals surface area contributed by atoms with E-state index in [9.17, 15) is 8.78 Å². The summed E-state index contributed by atoms with van der Waals surface area (Å²) >= 11 is 0. The molecule has 0 aliphatic carbocycles. The fraction of sp³-hybridized carbons (Fsp3) is 0.200. The van der Waals surface area contributed by atoms with E-state index in [1.807, 2.05) is 31.2 Å². The predicted molar refractivity (Wildman–Crippen MR) is 70.0 cm³/mol. The fourth-order valence-electron chi connectivity index (χ4n) is 1.95. The van der Waals surface area contributed by atoms with Gasteiger partial charge in [0.1, 0.15) is 23.5 Å². The highest BCUT2D eigenvalue weighted by atomic mass is 19.1. The molecule has 0 radical (unpaired) electrons. The summed E-state index contributed by atoms with van der Waals surface area (Å²) in [5.74, 6) is -1.21. The quantitative estimate of drug-likeness (QED) is 0.918. The van der Waals surface area contributed by atoms with Gasteiger partial charge in [-0.25, -0.2) is 8.78 Å². The molecule has 2 N–H and O–H groups in total. The molecule has 2 nitrogen and oxygen atoms in total. The topological polar surface area (TPSA) is 35.2 Å². The molecule has 1 atom stereocenters. The number of hydrogen-bond donors (Lipinski definition) is 1. The van der Waals surface area contributed by atoms with Crippen LogP contribution in [0.2, 0.25) is 0 Å². The minimum Gasteiger partial charge on any atom is -0.484 e. The molecule has 0 heterocycles. The zero-order valence-electron chi connectivity index (χ0n) is 10.6. The maximum atomic E-state index is 13.1. The lowest BCUT2D eigenvalue weighted by molar-refractivity contribution is 0.211. The van der Waals surface area contributed by atoms with E-state index in [-0.39, 0.29) is 12.3 Å². The van der Waals surface area contributed by atoms with Crippen molar-refractivity contribution < 1.29 is 13.5 Å². The summed E-state index contributed by atoms with van der Waals surface area (Å²) < 4.78 is 31.8. The second-order valence-corrected chi connectivity index (χ2v) is 4.30. The molecule has 0 saturated heterocycles. The van der Waals surface area contributed by atoms with Gasteiger partial charge in [0.25, 0.3) is 0 Å². The Kier molecular flexibility index (Phi) is 4.12. The lowest BCUT2D eigenvalue weighted by Gasteiger charge is -2.19. The number of benzene rings is 2. The summed E-state index contributed by atoms with van der Waals surface area (Å²) in [7, 11) is 0. The van der Waals surface area contributed by atoms with E-state index in [4.69, 9.17) is 10.5 Å². The summed E-state index contributed by atoms with van der Waals surface area (Å²) in [5, 5.41) is 0. The van der Waals surface area contributed by atoms with Gasteiger partial charge >= 0.3 is 0 Å². The first-order valence-corrected chi connectivity index (χ1v) is 5.98. The smallest absolute Gasteiger partial charge is 0.136 e. The zero-order valence-corrected chi connectivity index (χ0v) is 10.6. The number of halogens is 2. The van der Waals surface area contributed by atoms with Gasteiger partial charge in [0.2, 0.25) is 0 Å². The molecule has 19 heavy (non-hydrogen) atoms. The van der Waals surface area contributed by atoms with Crippen LogP contribution in [0.3, 0.4) is 0 Å². The highest BCUT2D eigenvalue weighted by molar-refractivity contribution is 5.30. The van der Waals surface area contributed by atoms with Crippen LogP contribution >= 0.6 is 0 Å².